The molecule has 5 aromatic carbocycles. The summed E-state index contributed by atoms with van der Waals surface area (Å²) in [6, 6.07) is 35.6. The number of aromatic amines is 2. The van der Waals surface area contributed by atoms with Crippen LogP contribution in [0.2, 0.25) is 18.6 Å². The number of aliphatic hydroxyl groups excluding tert-OH is 1. The highest BCUT2D eigenvalue weighted by Gasteiger charge is 2.67. The Bertz CT molecular complexity index is 3070. The normalized spacial score (nSPS) is 21.2. The minimum absolute atomic E-state index is 0.0954. The molecule has 0 bridgehead atoms. The Hall–Kier alpha value is -6.87. The quantitative estimate of drug-likeness (QED) is 0.0610. The molecule has 0 saturated carbocycles. The second kappa shape index (κ2) is 17.4. The number of carbonyl (C=O) groups is 4. The highest BCUT2D eigenvalue weighted by atomic mass is 28.4. The summed E-state index contributed by atoms with van der Waals surface area (Å²) >= 11 is 0. The summed E-state index contributed by atoms with van der Waals surface area (Å²) < 4.78 is 24.0. The monoisotopic (exact) mass is 916 g/mol. The first-order chi connectivity index (χ1) is 32.3. The molecule has 0 radical (unpaired) electrons. The number of aliphatic hydroxyl groups is 1. The molecule has 1 saturated heterocycles. The van der Waals surface area contributed by atoms with Crippen molar-refractivity contribution in [1.82, 2.24) is 14.9 Å². The zero-order valence-corrected chi connectivity index (χ0v) is 38.6. The van der Waals surface area contributed by atoms with Crippen LogP contribution in [0, 0.1) is 5.92 Å². The highest BCUT2D eigenvalue weighted by molar-refractivity contribution is 6.72. The minimum atomic E-state index is -3.68. The molecule has 5 atom stereocenters. The third kappa shape index (κ3) is 8.12. The van der Waals surface area contributed by atoms with Gasteiger partial charge in [0, 0.05) is 69.1 Å². The SMILES string of the molecule is C[C@H]1[C@H]([Si](C)(C)F)[C@@H](CC(=O)N2Cc3ccccc3C[C@H]2CO)O[C@]12C(=O)N(Cc1cccc(NC(=O)Cc3c[nH]c4ccccc34)c1)c1ccc(NC(=O)Cc3c[nH]c4ccccc34)cc12. The lowest BCUT2D eigenvalue weighted by Crippen LogP contribution is -2.48. The van der Waals surface area contributed by atoms with Crippen molar-refractivity contribution < 1.29 is 33.1 Å². The van der Waals surface area contributed by atoms with E-state index in [-0.39, 0.29) is 50.1 Å². The summed E-state index contributed by atoms with van der Waals surface area (Å²) in [4.78, 5) is 66.7. The lowest BCUT2D eigenvalue weighted by atomic mass is 9.82. The topological polar surface area (TPSA) is 160 Å². The lowest BCUT2D eigenvalue weighted by molar-refractivity contribution is -0.151. The average molecular weight is 917 g/mol. The average Bonchev–Trinajstić information content (AvgIpc) is 4.05. The minimum Gasteiger partial charge on any atom is -0.394 e. The zero-order valence-electron chi connectivity index (χ0n) is 37.6. The standard InChI is InChI=1S/C53H53FN6O6Si/c1-32-51(67(2,3)54)47(26-50(64)59-30-35-13-5-4-12-34(35)22-40(59)31-61)66-53(32)43-25-39(58-49(63)24-37-28-56-45-18-9-7-16-42(37)45)19-20-46(43)60(52(53)65)29-33-11-10-14-38(21-33)57-48(62)23-36-27-55-44-17-8-6-15-41(36)44/h4-21,25,27-28,32,40,47,51,55-56,61H,22-24,26,29-31H2,1-3H3,(H,57,62)(H,58,63)/t32-,40-,47+,51-,53+/m0/s1. The summed E-state index contributed by atoms with van der Waals surface area (Å²) in [6.07, 6.45) is 3.28. The van der Waals surface area contributed by atoms with Gasteiger partial charge in [0.25, 0.3) is 5.91 Å². The molecule has 3 aliphatic heterocycles. The van der Waals surface area contributed by atoms with Gasteiger partial charge in [0.05, 0.1) is 50.2 Å². The van der Waals surface area contributed by atoms with Crippen LogP contribution in [0.5, 0.6) is 0 Å². The molecule has 10 rings (SSSR count). The molecule has 14 heteroatoms. The van der Waals surface area contributed by atoms with Gasteiger partial charge in [-0.2, -0.15) is 0 Å². The van der Waals surface area contributed by atoms with Gasteiger partial charge in [-0.25, -0.2) is 0 Å². The van der Waals surface area contributed by atoms with Gasteiger partial charge in [-0.3, -0.25) is 19.2 Å². The van der Waals surface area contributed by atoms with Crippen molar-refractivity contribution in [2.45, 2.75) is 82.1 Å². The second-order valence-electron chi connectivity index (χ2n) is 18.8. The van der Waals surface area contributed by atoms with E-state index in [1.165, 1.54) is 0 Å². The van der Waals surface area contributed by atoms with Crippen LogP contribution in [0.4, 0.5) is 21.2 Å². The van der Waals surface area contributed by atoms with Crippen molar-refractivity contribution in [2.24, 2.45) is 5.92 Å². The molecule has 1 fully saturated rings. The number of hydrogen-bond acceptors (Lipinski definition) is 6. The third-order valence-corrected chi connectivity index (χ3v) is 16.6. The fourth-order valence-electron chi connectivity index (χ4n) is 11.1. The number of amides is 4. The van der Waals surface area contributed by atoms with Crippen LogP contribution in [0.1, 0.15) is 46.7 Å². The van der Waals surface area contributed by atoms with Crippen LogP contribution in [-0.4, -0.2) is 70.8 Å². The maximum atomic E-state index is 17.0. The Morgan fingerprint density at radius 2 is 1.42 bits per heavy atom. The number of benzene rings is 5. The van der Waals surface area contributed by atoms with Gasteiger partial charge < -0.3 is 44.4 Å². The number of halogens is 1. The Kier molecular flexibility index (Phi) is 11.4. The number of ether oxygens (including phenoxy) is 1. The molecule has 2 aromatic heterocycles. The number of carbonyl (C=O) groups excluding carboxylic acids is 4. The van der Waals surface area contributed by atoms with Gasteiger partial charge in [0.2, 0.25) is 26.1 Å². The number of rotatable bonds is 12. The van der Waals surface area contributed by atoms with E-state index < -0.39 is 43.5 Å². The Morgan fingerprint density at radius 1 is 0.806 bits per heavy atom. The largest absolute Gasteiger partial charge is 0.394 e. The van der Waals surface area contributed by atoms with Crippen LogP contribution in [0.3, 0.4) is 0 Å². The molecule has 5 heterocycles. The summed E-state index contributed by atoms with van der Waals surface area (Å²) in [7, 11) is -3.68. The van der Waals surface area contributed by atoms with Crippen molar-refractivity contribution in [3.63, 3.8) is 0 Å². The molecule has 0 aliphatic carbocycles. The lowest BCUT2D eigenvalue weighted by Gasteiger charge is -2.37. The number of anilines is 3. The summed E-state index contributed by atoms with van der Waals surface area (Å²) in [5.74, 6) is -1.85. The number of hydrogen-bond donors (Lipinski definition) is 5. The van der Waals surface area contributed by atoms with E-state index >= 15 is 8.90 Å². The molecule has 7 aromatic rings. The number of para-hydroxylation sites is 2. The van der Waals surface area contributed by atoms with Gasteiger partial charge in [0.1, 0.15) is 0 Å². The van der Waals surface area contributed by atoms with E-state index in [4.69, 9.17) is 4.74 Å². The molecule has 342 valence electrons. The first-order valence-corrected chi connectivity index (χ1v) is 25.8. The molecule has 1 spiro atoms. The van der Waals surface area contributed by atoms with E-state index in [9.17, 15) is 19.5 Å². The van der Waals surface area contributed by atoms with E-state index in [2.05, 4.69) is 20.6 Å². The van der Waals surface area contributed by atoms with Crippen molar-refractivity contribution in [1.29, 1.82) is 0 Å². The van der Waals surface area contributed by atoms with E-state index in [0.717, 1.165) is 49.6 Å². The van der Waals surface area contributed by atoms with Crippen LogP contribution < -0.4 is 15.5 Å². The van der Waals surface area contributed by atoms with Crippen LogP contribution >= 0.6 is 0 Å². The number of nitrogens with zero attached hydrogens (tertiary/aromatic N) is 2. The Morgan fingerprint density at radius 3 is 2.06 bits per heavy atom. The predicted octanol–water partition coefficient (Wildman–Crippen LogP) is 8.67. The fourth-order valence-corrected chi connectivity index (χ4v) is 13.5. The highest BCUT2D eigenvalue weighted by Crippen LogP contribution is 2.61. The smallest absolute Gasteiger partial charge is 0.264 e. The fraction of sp³-hybridized carbons (Fsp3) is 0.283. The van der Waals surface area contributed by atoms with E-state index in [1.807, 2.05) is 110 Å². The number of nitrogens with one attached hydrogen (secondary N) is 4. The predicted molar refractivity (Wildman–Crippen MR) is 260 cm³/mol. The third-order valence-electron chi connectivity index (χ3n) is 14.1. The molecule has 5 N–H and O–H groups in total. The summed E-state index contributed by atoms with van der Waals surface area (Å²) in [6.45, 7) is 5.20. The van der Waals surface area contributed by atoms with Crippen molar-refractivity contribution >= 4 is 70.9 Å². The van der Waals surface area contributed by atoms with E-state index in [0.29, 0.717) is 35.6 Å². The maximum absolute atomic E-state index is 17.0. The molecular weight excluding hydrogens is 864 g/mol. The van der Waals surface area contributed by atoms with Crippen molar-refractivity contribution in [2.75, 3.05) is 22.1 Å². The second-order valence-corrected chi connectivity index (χ2v) is 22.6. The summed E-state index contributed by atoms with van der Waals surface area (Å²) in [5.41, 5.74) is 5.93. The Labute approximate surface area is 388 Å². The molecule has 3 aliphatic rings. The Balaban J connectivity index is 0.962. The van der Waals surface area contributed by atoms with Gasteiger partial charge in [-0.15, -0.1) is 0 Å². The zero-order chi connectivity index (χ0) is 46.6. The van der Waals surface area contributed by atoms with Gasteiger partial charge in [-0.05, 0) is 89.8 Å². The van der Waals surface area contributed by atoms with Gasteiger partial charge in [-0.1, -0.05) is 79.7 Å². The summed E-state index contributed by atoms with van der Waals surface area (Å²) in [5, 5.41) is 18.4. The van der Waals surface area contributed by atoms with E-state index in [1.54, 1.807) is 47.2 Å². The maximum Gasteiger partial charge on any atom is 0.264 e. The van der Waals surface area contributed by atoms with Crippen LogP contribution in [0.15, 0.2) is 128 Å². The number of H-pyrrole nitrogens is 2. The number of fused-ring (bicyclic) bond motifs is 5. The number of aromatic nitrogens is 2. The van der Waals surface area contributed by atoms with Crippen LogP contribution in [0.25, 0.3) is 21.8 Å². The molecule has 12 nitrogen and oxygen atoms in total. The molecule has 0 unspecified atom stereocenters. The first-order valence-electron chi connectivity index (χ1n) is 22.9. The molecule has 4 amide bonds. The van der Waals surface area contributed by atoms with Crippen molar-refractivity contribution in [3.8, 4) is 0 Å². The van der Waals surface area contributed by atoms with Crippen LogP contribution in [-0.2, 0) is 61.9 Å². The first kappa shape index (κ1) is 44.0. The van der Waals surface area contributed by atoms with Gasteiger partial charge >= 0.3 is 0 Å². The van der Waals surface area contributed by atoms with Crippen molar-refractivity contribution in [3.05, 3.63) is 161 Å². The molecule has 67 heavy (non-hydrogen) atoms. The molecular formula is C53H53FN6O6Si. The van der Waals surface area contributed by atoms with Gasteiger partial charge in [0.15, 0.2) is 5.60 Å².